The second kappa shape index (κ2) is 9.96. The summed E-state index contributed by atoms with van der Waals surface area (Å²) in [5.41, 5.74) is 0.167. The van der Waals surface area contributed by atoms with Crippen LogP contribution in [0.1, 0.15) is 37.7 Å². The Kier molecular flexibility index (Phi) is 6.32. The number of benzene rings is 2. The quantitative estimate of drug-likeness (QED) is 0.121. The fourth-order valence-corrected chi connectivity index (χ4v) is 7.19. The van der Waals surface area contributed by atoms with Crippen LogP contribution < -0.4 is 4.74 Å². The van der Waals surface area contributed by atoms with Gasteiger partial charge in [0.25, 0.3) is 17.7 Å². The van der Waals surface area contributed by atoms with Gasteiger partial charge in [-0.05, 0) is 84.7 Å². The van der Waals surface area contributed by atoms with Gasteiger partial charge in [0.1, 0.15) is 12.3 Å². The second-order valence-electron chi connectivity index (χ2n) is 10.9. The molecular weight excluding hydrogens is 583 g/mol. The van der Waals surface area contributed by atoms with Gasteiger partial charge in [-0.25, -0.2) is 9.80 Å². The van der Waals surface area contributed by atoms with Crippen molar-refractivity contribution >= 4 is 52.7 Å². The maximum atomic E-state index is 13.9. The largest absolute Gasteiger partial charge is 0.457 e. The van der Waals surface area contributed by atoms with Crippen molar-refractivity contribution in [2.24, 2.45) is 35.5 Å². The number of carbonyl (C=O) groups excluding carboxylic acids is 5. The highest BCUT2D eigenvalue weighted by molar-refractivity contribution is 6.36. The lowest BCUT2D eigenvalue weighted by molar-refractivity contribution is -0.154. The Hall–Kier alpha value is -4.21. The maximum absolute atomic E-state index is 13.9. The van der Waals surface area contributed by atoms with Crippen molar-refractivity contribution in [1.29, 1.82) is 0 Å². The fourth-order valence-electron chi connectivity index (χ4n) is 6.70. The van der Waals surface area contributed by atoms with Gasteiger partial charge < -0.3 is 9.15 Å². The Morgan fingerprint density at radius 2 is 1.60 bits per heavy atom. The van der Waals surface area contributed by atoms with Crippen LogP contribution in [0, 0.1) is 35.5 Å². The first-order chi connectivity index (χ1) is 20.2. The summed E-state index contributed by atoms with van der Waals surface area (Å²) in [7, 11) is 0. The summed E-state index contributed by atoms with van der Waals surface area (Å²) in [6.07, 6.45) is 6.40. The molecule has 0 spiro atoms. The molecule has 8 rings (SSSR count). The number of imide groups is 1. The number of Topliss-reactive ketones (excluding diaryl/α,β-unsaturated/α-hetero) is 1. The minimum atomic E-state index is -0.778. The first-order valence-electron chi connectivity index (χ1n) is 13.4. The Morgan fingerprint density at radius 1 is 0.929 bits per heavy atom. The van der Waals surface area contributed by atoms with Crippen molar-refractivity contribution in [2.45, 2.75) is 6.42 Å². The van der Waals surface area contributed by atoms with E-state index >= 15 is 0 Å². The minimum Gasteiger partial charge on any atom is -0.457 e. The summed E-state index contributed by atoms with van der Waals surface area (Å²) in [5, 5.41) is 2.08. The number of allylic oxidation sites excluding steroid dienone is 2. The third kappa shape index (κ3) is 4.26. The average molecular weight is 605 g/mol. The van der Waals surface area contributed by atoms with Crippen LogP contribution in [0.15, 0.2) is 77.4 Å². The fraction of sp³-hybridized carbons (Fsp3) is 0.258. The Labute approximate surface area is 249 Å². The van der Waals surface area contributed by atoms with E-state index in [1.54, 1.807) is 6.07 Å². The highest BCUT2D eigenvalue weighted by Gasteiger charge is 2.68. The molecule has 2 saturated carbocycles. The molecule has 2 bridgehead atoms. The van der Waals surface area contributed by atoms with E-state index in [1.165, 1.54) is 54.8 Å². The molecular formula is C31H22Cl2N2O7. The van der Waals surface area contributed by atoms with E-state index in [9.17, 15) is 24.0 Å². The van der Waals surface area contributed by atoms with Gasteiger partial charge in [-0.15, -0.1) is 0 Å². The van der Waals surface area contributed by atoms with Gasteiger partial charge in [0.2, 0.25) is 5.76 Å². The number of amides is 3. The molecule has 9 nitrogen and oxygen atoms in total. The summed E-state index contributed by atoms with van der Waals surface area (Å²) < 4.78 is 10.3. The summed E-state index contributed by atoms with van der Waals surface area (Å²) in [6, 6.07) is 13.0. The van der Waals surface area contributed by atoms with Crippen molar-refractivity contribution < 1.29 is 33.1 Å². The molecule has 5 aliphatic rings. The van der Waals surface area contributed by atoms with Gasteiger partial charge in [0.05, 0.1) is 28.7 Å². The second-order valence-corrected chi connectivity index (χ2v) is 11.8. The van der Waals surface area contributed by atoms with E-state index in [-0.39, 0.29) is 39.5 Å². The van der Waals surface area contributed by atoms with E-state index in [2.05, 4.69) is 0 Å². The molecule has 1 aromatic heterocycles. The molecule has 2 aromatic carbocycles. The van der Waals surface area contributed by atoms with E-state index in [4.69, 9.17) is 32.4 Å². The number of carbonyl (C=O) groups is 5. The third-order valence-electron chi connectivity index (χ3n) is 8.68. The van der Waals surface area contributed by atoms with Gasteiger partial charge in [-0.1, -0.05) is 35.4 Å². The van der Waals surface area contributed by atoms with Crippen LogP contribution in [0.5, 0.6) is 5.75 Å². The Morgan fingerprint density at radius 3 is 2.19 bits per heavy atom. The third-order valence-corrected chi connectivity index (χ3v) is 9.23. The molecule has 212 valence electrons. The van der Waals surface area contributed by atoms with E-state index in [0.717, 1.165) is 16.4 Å². The van der Waals surface area contributed by atoms with Gasteiger partial charge in [-0.2, -0.15) is 5.01 Å². The molecule has 0 radical (unpaired) electrons. The molecule has 3 fully saturated rings. The topological polar surface area (TPSA) is 114 Å². The van der Waals surface area contributed by atoms with Crippen LogP contribution in [-0.4, -0.2) is 46.0 Å². The number of hydrogen-bond acceptors (Lipinski definition) is 7. The number of ketones is 1. The van der Waals surface area contributed by atoms with E-state index in [0.29, 0.717) is 16.9 Å². The molecule has 42 heavy (non-hydrogen) atoms. The van der Waals surface area contributed by atoms with Crippen LogP contribution >= 0.6 is 23.2 Å². The number of hydrazine groups is 1. The number of esters is 1. The first-order valence-corrected chi connectivity index (χ1v) is 14.2. The minimum absolute atomic E-state index is 0.00605. The predicted molar refractivity (Wildman–Crippen MR) is 148 cm³/mol. The zero-order chi connectivity index (χ0) is 29.3. The zero-order valence-corrected chi connectivity index (χ0v) is 23.3. The van der Waals surface area contributed by atoms with Crippen LogP contribution in [0.4, 0.5) is 0 Å². The van der Waals surface area contributed by atoms with Crippen molar-refractivity contribution in [2.75, 3.05) is 6.54 Å². The number of nitrogens with zero attached hydrogens (tertiary/aromatic N) is 2. The molecule has 1 saturated heterocycles. The van der Waals surface area contributed by atoms with E-state index in [1.807, 2.05) is 12.2 Å². The lowest BCUT2D eigenvalue weighted by Crippen LogP contribution is -2.52. The molecule has 2 heterocycles. The lowest BCUT2D eigenvalue weighted by atomic mass is 9.63. The molecule has 3 amide bonds. The molecule has 0 N–H and O–H groups in total. The zero-order valence-electron chi connectivity index (χ0n) is 21.8. The summed E-state index contributed by atoms with van der Waals surface area (Å²) >= 11 is 12.4. The SMILES string of the molecule is O=C(CN(C(=O)c1ccc(Cl)cc1Cl)N1C(=O)[C@@H]2[C@H]3C=C[C@@H]([C@@H]4C[C@H]34)[C@@H]2C1=O)c1ccc(OC(=O)c2ccco2)cc1. The normalized spacial score (nSPS) is 26.6. The number of ether oxygens (including phenoxy) is 1. The van der Waals surface area contributed by atoms with Crippen LogP contribution in [0.25, 0.3) is 0 Å². The van der Waals surface area contributed by atoms with Crippen LogP contribution in [0.3, 0.4) is 0 Å². The number of rotatable bonds is 7. The smallest absolute Gasteiger partial charge is 0.379 e. The molecule has 4 aliphatic carbocycles. The monoisotopic (exact) mass is 604 g/mol. The number of halogens is 2. The molecule has 0 unspecified atom stereocenters. The highest BCUT2D eigenvalue weighted by atomic mass is 35.5. The van der Waals surface area contributed by atoms with E-state index < -0.39 is 47.9 Å². The van der Waals surface area contributed by atoms with Gasteiger partial charge in [-0.3, -0.25) is 19.2 Å². The van der Waals surface area contributed by atoms with Crippen molar-refractivity contribution in [3.8, 4) is 5.75 Å². The molecule has 1 aliphatic heterocycles. The average Bonchev–Trinajstić information content (AvgIpc) is 3.54. The molecule has 6 atom stereocenters. The van der Waals surface area contributed by atoms with Crippen molar-refractivity contribution in [3.63, 3.8) is 0 Å². The summed E-state index contributed by atoms with van der Waals surface area (Å²) in [5.74, 6) is -3.32. The summed E-state index contributed by atoms with van der Waals surface area (Å²) in [6.45, 7) is -0.601. The van der Waals surface area contributed by atoms with Crippen LogP contribution in [0.2, 0.25) is 10.0 Å². The maximum Gasteiger partial charge on any atom is 0.379 e. The highest BCUT2D eigenvalue weighted by Crippen LogP contribution is 2.65. The van der Waals surface area contributed by atoms with Crippen molar-refractivity contribution in [1.82, 2.24) is 10.0 Å². The number of furan rings is 1. The van der Waals surface area contributed by atoms with Gasteiger partial charge in [0, 0.05) is 10.6 Å². The lowest BCUT2D eigenvalue weighted by Gasteiger charge is -2.37. The van der Waals surface area contributed by atoms with Gasteiger partial charge in [0.15, 0.2) is 5.78 Å². The standard InChI is InChI=1S/C31H22Cl2N2O7/c32-16-5-8-20(23(33)12-16)28(37)34(35-29(38)26-18-9-10-19(22-13-21(18)22)27(26)30(35)39)14-24(36)15-3-6-17(7-4-15)42-31(40)25-2-1-11-41-25/h1-12,18-19,21-22,26-27H,13-14H2/t18-,19-,21-,22+,26-,27+/m0/s1. The van der Waals surface area contributed by atoms with Crippen molar-refractivity contribution in [3.05, 3.63) is 99.9 Å². The summed E-state index contributed by atoms with van der Waals surface area (Å²) in [4.78, 5) is 67.2. The van der Waals surface area contributed by atoms with Crippen LogP contribution in [-0.2, 0) is 9.59 Å². The Balaban J connectivity index is 1.17. The Bertz CT molecular complexity index is 1650. The first kappa shape index (κ1) is 26.7. The molecule has 3 aromatic rings. The van der Waals surface area contributed by atoms with Gasteiger partial charge >= 0.3 is 5.97 Å². The number of hydrogen-bond donors (Lipinski definition) is 0. The predicted octanol–water partition coefficient (Wildman–Crippen LogP) is 5.10. The molecule has 11 heteroatoms.